The first-order valence-corrected chi connectivity index (χ1v) is 11.4. The van der Waals surface area contributed by atoms with Gasteiger partial charge in [-0.15, -0.1) is 0 Å². The van der Waals surface area contributed by atoms with Gasteiger partial charge in [-0.1, -0.05) is 24.3 Å². The topological polar surface area (TPSA) is 96.5 Å². The number of thioether (sulfide) groups is 1. The Morgan fingerprint density at radius 1 is 1.07 bits per heavy atom. The normalized spacial score (nSPS) is 11.3. The molecule has 0 aliphatic rings. The van der Waals surface area contributed by atoms with Gasteiger partial charge >= 0.3 is 0 Å². The van der Waals surface area contributed by atoms with Crippen LogP contribution in [0.2, 0.25) is 0 Å². The van der Waals surface area contributed by atoms with Gasteiger partial charge in [-0.3, -0.25) is 25.2 Å². The molecule has 0 radical (unpaired) electrons. The van der Waals surface area contributed by atoms with Crippen molar-refractivity contribution in [3.63, 3.8) is 0 Å². The van der Waals surface area contributed by atoms with Crippen LogP contribution in [0.25, 0.3) is 0 Å². The summed E-state index contributed by atoms with van der Waals surface area (Å²) in [6, 6.07) is 13.3. The molecule has 160 valence electrons. The van der Waals surface area contributed by atoms with Crippen molar-refractivity contribution in [3.8, 4) is 5.75 Å². The lowest BCUT2D eigenvalue weighted by molar-refractivity contribution is -0.129. The van der Waals surface area contributed by atoms with Gasteiger partial charge in [0.25, 0.3) is 11.8 Å². The van der Waals surface area contributed by atoms with Crippen LogP contribution in [0.4, 0.5) is 0 Å². The van der Waals surface area contributed by atoms with E-state index in [1.54, 1.807) is 67.4 Å². The molecule has 30 heavy (non-hydrogen) atoms. The van der Waals surface area contributed by atoms with Crippen molar-refractivity contribution >= 4 is 45.4 Å². The van der Waals surface area contributed by atoms with Gasteiger partial charge in [0.1, 0.15) is 11.8 Å². The summed E-state index contributed by atoms with van der Waals surface area (Å²) in [6.45, 7) is 0. The number of ether oxygens (including phenoxy) is 1. The Labute approximate surface area is 188 Å². The Balaban J connectivity index is 1.92. The van der Waals surface area contributed by atoms with Crippen LogP contribution in [0.15, 0.2) is 53.0 Å². The van der Waals surface area contributed by atoms with Gasteiger partial charge in [-0.2, -0.15) is 11.8 Å². The number of nitrogens with one attached hydrogen (secondary N) is 3. The van der Waals surface area contributed by atoms with Crippen molar-refractivity contribution in [2.75, 3.05) is 19.1 Å². The van der Waals surface area contributed by atoms with Crippen LogP contribution in [-0.4, -0.2) is 42.9 Å². The molecule has 0 aromatic heterocycles. The summed E-state index contributed by atoms with van der Waals surface area (Å²) >= 11 is 4.90. The van der Waals surface area contributed by atoms with Gasteiger partial charge in [0, 0.05) is 4.47 Å². The maximum Gasteiger partial charge on any atom is 0.260 e. The number of benzene rings is 2. The molecule has 3 amide bonds. The number of hydrogen-bond donors (Lipinski definition) is 3. The summed E-state index contributed by atoms with van der Waals surface area (Å²) in [4.78, 5) is 37.3. The van der Waals surface area contributed by atoms with Crippen molar-refractivity contribution in [2.45, 2.75) is 18.9 Å². The Hall–Kier alpha value is -2.52. The third-order valence-corrected chi connectivity index (χ3v) is 5.54. The fourth-order valence-corrected chi connectivity index (χ4v) is 3.51. The monoisotopic (exact) mass is 493 g/mol. The van der Waals surface area contributed by atoms with Crippen molar-refractivity contribution < 1.29 is 19.1 Å². The predicted molar refractivity (Wildman–Crippen MR) is 121 cm³/mol. The molecule has 2 aromatic carbocycles. The highest BCUT2D eigenvalue weighted by molar-refractivity contribution is 9.10. The second-order valence-corrected chi connectivity index (χ2v) is 8.19. The fraction of sp³-hybridized carbons (Fsp3) is 0.286. The molecule has 0 bridgehead atoms. The number of rotatable bonds is 9. The maximum atomic E-state index is 12.6. The summed E-state index contributed by atoms with van der Waals surface area (Å²) in [5, 5.41) is 2.74. The Bertz CT molecular complexity index is 877. The van der Waals surface area contributed by atoms with Crippen LogP contribution < -0.4 is 20.9 Å². The van der Waals surface area contributed by atoms with Crippen molar-refractivity contribution in [3.05, 3.63) is 64.1 Å². The Morgan fingerprint density at radius 2 is 1.77 bits per heavy atom. The summed E-state index contributed by atoms with van der Waals surface area (Å²) in [5.41, 5.74) is 6.03. The lowest BCUT2D eigenvalue weighted by Gasteiger charge is -2.19. The van der Waals surface area contributed by atoms with E-state index in [0.29, 0.717) is 28.0 Å². The van der Waals surface area contributed by atoms with Gasteiger partial charge in [-0.25, -0.2) is 0 Å². The third-order valence-electron chi connectivity index (χ3n) is 4.20. The fourth-order valence-electron chi connectivity index (χ4n) is 2.58. The standard InChI is InChI=1S/C21H24BrN3O4S/c1-29-15-9-7-14(8-10-15)13-19(26)24-25-21(28)18(11-12-30-2)23-20(27)16-5-3-4-6-17(16)22/h3-10,18H,11-13H2,1-2H3,(H,23,27)(H,24,26)(H,25,28). The zero-order valence-electron chi connectivity index (χ0n) is 16.7. The first kappa shape index (κ1) is 23.8. The molecular weight excluding hydrogens is 470 g/mol. The highest BCUT2D eigenvalue weighted by Crippen LogP contribution is 2.16. The number of hydrogen-bond acceptors (Lipinski definition) is 5. The summed E-state index contributed by atoms with van der Waals surface area (Å²) in [7, 11) is 1.57. The SMILES string of the molecule is COc1ccc(CC(=O)NNC(=O)C(CCSC)NC(=O)c2ccccc2Br)cc1. The molecule has 9 heteroatoms. The maximum absolute atomic E-state index is 12.6. The number of methoxy groups -OCH3 is 1. The highest BCUT2D eigenvalue weighted by Gasteiger charge is 2.22. The average Bonchev–Trinajstić information content (AvgIpc) is 2.75. The lowest BCUT2D eigenvalue weighted by Crippen LogP contribution is -2.52. The molecule has 0 aliphatic carbocycles. The molecule has 0 saturated heterocycles. The molecule has 0 saturated carbocycles. The number of halogens is 1. The van der Waals surface area contributed by atoms with Crippen molar-refractivity contribution in [1.82, 2.24) is 16.2 Å². The lowest BCUT2D eigenvalue weighted by atomic mass is 10.1. The van der Waals surface area contributed by atoms with Crippen molar-refractivity contribution in [1.29, 1.82) is 0 Å². The third kappa shape index (κ3) is 7.38. The molecule has 0 fully saturated rings. The van der Waals surface area contributed by atoms with E-state index in [1.807, 2.05) is 6.26 Å². The largest absolute Gasteiger partial charge is 0.497 e. The molecule has 3 N–H and O–H groups in total. The van der Waals surface area contributed by atoms with Crippen LogP contribution in [0.3, 0.4) is 0 Å². The zero-order valence-corrected chi connectivity index (χ0v) is 19.1. The number of amides is 3. The van der Waals surface area contributed by atoms with Gasteiger partial charge in [0.05, 0.1) is 19.1 Å². The summed E-state index contributed by atoms with van der Waals surface area (Å²) in [6.07, 6.45) is 2.45. The Kier molecular flexibility index (Phi) is 9.69. The minimum atomic E-state index is -0.779. The Morgan fingerprint density at radius 3 is 2.40 bits per heavy atom. The van der Waals surface area contributed by atoms with E-state index < -0.39 is 11.9 Å². The van der Waals surface area contributed by atoms with E-state index in [2.05, 4.69) is 32.1 Å². The smallest absolute Gasteiger partial charge is 0.260 e. The van der Waals surface area contributed by atoms with Crippen LogP contribution in [0.5, 0.6) is 5.75 Å². The van der Waals surface area contributed by atoms with Crippen molar-refractivity contribution in [2.24, 2.45) is 0 Å². The zero-order chi connectivity index (χ0) is 21.9. The second-order valence-electron chi connectivity index (χ2n) is 6.35. The molecule has 1 unspecified atom stereocenters. The molecule has 1 atom stereocenters. The molecule has 2 rings (SSSR count). The average molecular weight is 494 g/mol. The van der Waals surface area contributed by atoms with E-state index in [0.717, 1.165) is 5.56 Å². The summed E-state index contributed by atoms with van der Waals surface area (Å²) < 4.78 is 5.72. The van der Waals surface area contributed by atoms with Crippen LogP contribution in [0.1, 0.15) is 22.3 Å². The van der Waals surface area contributed by atoms with E-state index in [-0.39, 0.29) is 18.2 Å². The minimum absolute atomic E-state index is 0.100. The minimum Gasteiger partial charge on any atom is -0.497 e. The number of carbonyl (C=O) groups excluding carboxylic acids is 3. The van der Waals surface area contributed by atoms with Gasteiger partial charge < -0.3 is 10.1 Å². The van der Waals surface area contributed by atoms with E-state index in [9.17, 15) is 14.4 Å². The number of carbonyl (C=O) groups is 3. The molecular formula is C21H24BrN3O4S. The highest BCUT2D eigenvalue weighted by atomic mass is 79.9. The number of hydrazine groups is 1. The van der Waals surface area contributed by atoms with Crippen LogP contribution >= 0.6 is 27.7 Å². The van der Waals surface area contributed by atoms with Crippen LogP contribution in [-0.2, 0) is 16.0 Å². The van der Waals surface area contributed by atoms with E-state index >= 15 is 0 Å². The molecule has 0 aliphatic heterocycles. The van der Waals surface area contributed by atoms with Crippen LogP contribution in [0, 0.1) is 0 Å². The van der Waals surface area contributed by atoms with E-state index in [4.69, 9.17) is 4.74 Å². The van der Waals surface area contributed by atoms with Gasteiger partial charge in [0.15, 0.2) is 0 Å². The quantitative estimate of drug-likeness (QED) is 0.466. The first-order valence-electron chi connectivity index (χ1n) is 9.20. The summed E-state index contributed by atoms with van der Waals surface area (Å²) in [5.74, 6) is 0.161. The second kappa shape index (κ2) is 12.2. The van der Waals surface area contributed by atoms with Gasteiger partial charge in [0.2, 0.25) is 5.91 Å². The molecule has 0 spiro atoms. The first-order chi connectivity index (χ1) is 14.4. The predicted octanol–water partition coefficient (Wildman–Crippen LogP) is 2.70. The molecule has 0 heterocycles. The molecule has 7 nitrogen and oxygen atoms in total. The van der Waals surface area contributed by atoms with E-state index in [1.165, 1.54) is 0 Å². The van der Waals surface area contributed by atoms with Gasteiger partial charge in [-0.05, 0) is 64.2 Å². The molecule has 2 aromatic rings.